The standard InChI is InChI=1S/C29H34O7/c1-31-24-15-13-23(14-16-24)17-33-20-25-26(30)27(34-18-21-9-5-3-6-10-21)28(29(32-2)36-25)35-19-22-11-7-4-8-12-22/h3-16,25-30H,17-20H2,1-2H3/t25-,26+,27+,28-,29+/m1/s1. The van der Waals surface area contributed by atoms with Crippen molar-refractivity contribution in [3.05, 3.63) is 102 Å². The second-order valence-electron chi connectivity index (χ2n) is 8.65. The van der Waals surface area contributed by atoms with Crippen molar-refractivity contribution in [3.63, 3.8) is 0 Å². The molecule has 7 heteroatoms. The molecule has 1 N–H and O–H groups in total. The molecule has 0 bridgehead atoms. The fourth-order valence-corrected chi connectivity index (χ4v) is 4.13. The first-order valence-corrected chi connectivity index (χ1v) is 12.1. The lowest BCUT2D eigenvalue weighted by atomic mass is 9.98. The van der Waals surface area contributed by atoms with Gasteiger partial charge in [-0.1, -0.05) is 72.8 Å². The van der Waals surface area contributed by atoms with Crippen LogP contribution in [0.1, 0.15) is 16.7 Å². The maximum Gasteiger partial charge on any atom is 0.186 e. The van der Waals surface area contributed by atoms with E-state index in [0.29, 0.717) is 19.8 Å². The SMILES string of the molecule is COc1ccc(COC[C@H]2O[C@H](OC)[C@H](OCc3ccccc3)[C@@H](OCc3ccccc3)[C@H]2O)cc1. The smallest absolute Gasteiger partial charge is 0.186 e. The third-order valence-corrected chi connectivity index (χ3v) is 6.13. The molecule has 1 fully saturated rings. The van der Waals surface area contributed by atoms with Crippen molar-refractivity contribution in [2.24, 2.45) is 0 Å². The van der Waals surface area contributed by atoms with Gasteiger partial charge >= 0.3 is 0 Å². The largest absolute Gasteiger partial charge is 0.497 e. The number of ether oxygens (including phenoxy) is 6. The molecule has 36 heavy (non-hydrogen) atoms. The predicted molar refractivity (Wildman–Crippen MR) is 134 cm³/mol. The summed E-state index contributed by atoms with van der Waals surface area (Å²) in [4.78, 5) is 0. The first-order chi connectivity index (χ1) is 17.7. The minimum absolute atomic E-state index is 0.170. The number of hydrogen-bond donors (Lipinski definition) is 1. The number of benzene rings is 3. The van der Waals surface area contributed by atoms with Crippen molar-refractivity contribution in [1.82, 2.24) is 0 Å². The van der Waals surface area contributed by atoms with Crippen molar-refractivity contribution >= 4 is 0 Å². The lowest BCUT2D eigenvalue weighted by molar-refractivity contribution is -0.315. The van der Waals surface area contributed by atoms with Gasteiger partial charge < -0.3 is 33.5 Å². The first-order valence-electron chi connectivity index (χ1n) is 12.1. The fraction of sp³-hybridized carbons (Fsp3) is 0.379. The summed E-state index contributed by atoms with van der Waals surface area (Å²) in [6.07, 6.45) is -3.66. The van der Waals surface area contributed by atoms with E-state index in [1.54, 1.807) is 14.2 Å². The maximum atomic E-state index is 11.3. The third-order valence-electron chi connectivity index (χ3n) is 6.13. The quantitative estimate of drug-likeness (QED) is 0.406. The molecular formula is C29H34O7. The molecular weight excluding hydrogens is 460 g/mol. The summed E-state index contributed by atoms with van der Waals surface area (Å²) < 4.78 is 35.2. The van der Waals surface area contributed by atoms with Gasteiger partial charge in [-0.05, 0) is 28.8 Å². The molecule has 7 nitrogen and oxygen atoms in total. The number of hydrogen-bond acceptors (Lipinski definition) is 7. The molecule has 0 amide bonds. The molecule has 1 aliphatic heterocycles. The Morgan fingerprint density at radius 2 is 1.25 bits per heavy atom. The van der Waals surface area contributed by atoms with Crippen LogP contribution in [-0.2, 0) is 43.5 Å². The Bertz CT molecular complexity index is 1010. The van der Waals surface area contributed by atoms with Gasteiger partial charge in [0, 0.05) is 7.11 Å². The predicted octanol–water partition coefficient (Wildman–Crippen LogP) is 4.11. The van der Waals surface area contributed by atoms with Crippen LogP contribution in [-0.4, -0.2) is 56.6 Å². The van der Waals surface area contributed by atoms with Gasteiger partial charge in [-0.2, -0.15) is 0 Å². The van der Waals surface area contributed by atoms with Gasteiger partial charge in [-0.25, -0.2) is 0 Å². The zero-order valence-electron chi connectivity index (χ0n) is 20.7. The van der Waals surface area contributed by atoms with Gasteiger partial charge in [-0.3, -0.25) is 0 Å². The molecule has 4 rings (SSSR count). The van der Waals surface area contributed by atoms with E-state index in [1.165, 1.54) is 0 Å². The molecule has 0 aliphatic carbocycles. The molecule has 5 atom stereocenters. The number of aliphatic hydroxyl groups excluding tert-OH is 1. The molecule has 192 valence electrons. The Morgan fingerprint density at radius 1 is 0.694 bits per heavy atom. The van der Waals surface area contributed by atoms with Crippen molar-refractivity contribution in [1.29, 1.82) is 0 Å². The second-order valence-corrected chi connectivity index (χ2v) is 8.65. The van der Waals surface area contributed by atoms with Crippen LogP contribution in [0, 0.1) is 0 Å². The molecule has 1 aliphatic rings. The summed E-state index contributed by atoms with van der Waals surface area (Å²) >= 11 is 0. The van der Waals surface area contributed by atoms with E-state index < -0.39 is 30.7 Å². The molecule has 0 aromatic heterocycles. The topological polar surface area (TPSA) is 75.6 Å². The van der Waals surface area contributed by atoms with Crippen LogP contribution in [0.2, 0.25) is 0 Å². The molecule has 0 radical (unpaired) electrons. The van der Waals surface area contributed by atoms with Crippen molar-refractivity contribution in [2.45, 2.75) is 50.5 Å². The van der Waals surface area contributed by atoms with Crippen LogP contribution in [0.15, 0.2) is 84.9 Å². The van der Waals surface area contributed by atoms with E-state index in [9.17, 15) is 5.11 Å². The van der Waals surface area contributed by atoms with E-state index >= 15 is 0 Å². The van der Waals surface area contributed by atoms with E-state index in [1.807, 2.05) is 84.9 Å². The van der Waals surface area contributed by atoms with Crippen molar-refractivity contribution < 1.29 is 33.5 Å². The van der Waals surface area contributed by atoms with Crippen LogP contribution in [0.25, 0.3) is 0 Å². The van der Waals surface area contributed by atoms with E-state index in [0.717, 1.165) is 22.4 Å². The minimum Gasteiger partial charge on any atom is -0.497 e. The molecule has 1 heterocycles. The molecule has 0 unspecified atom stereocenters. The van der Waals surface area contributed by atoms with Gasteiger partial charge in [0.25, 0.3) is 0 Å². The Balaban J connectivity index is 1.43. The summed E-state index contributed by atoms with van der Waals surface area (Å²) in [5.74, 6) is 0.785. The molecule has 3 aromatic rings. The Hall–Kier alpha value is -2.78. The highest BCUT2D eigenvalue weighted by Crippen LogP contribution is 2.28. The monoisotopic (exact) mass is 494 g/mol. The minimum atomic E-state index is -0.975. The van der Waals surface area contributed by atoms with Gasteiger partial charge in [0.05, 0.1) is 33.5 Å². The molecule has 3 aromatic carbocycles. The summed E-state index contributed by atoms with van der Waals surface area (Å²) in [6.45, 7) is 1.20. The normalized spacial score (nSPS) is 23.9. The van der Waals surface area contributed by atoms with Crippen molar-refractivity contribution in [3.8, 4) is 5.75 Å². The number of methoxy groups -OCH3 is 2. The maximum absolute atomic E-state index is 11.3. The number of aliphatic hydroxyl groups is 1. The molecule has 0 spiro atoms. The summed E-state index contributed by atoms with van der Waals surface area (Å²) in [6, 6.07) is 27.3. The fourth-order valence-electron chi connectivity index (χ4n) is 4.13. The lowest BCUT2D eigenvalue weighted by Gasteiger charge is -2.43. The van der Waals surface area contributed by atoms with Gasteiger partial charge in [0.2, 0.25) is 0 Å². The Kier molecular flexibility index (Phi) is 9.86. The van der Waals surface area contributed by atoms with E-state index in [4.69, 9.17) is 28.4 Å². The van der Waals surface area contributed by atoms with E-state index in [2.05, 4.69) is 0 Å². The summed E-state index contributed by atoms with van der Waals surface area (Å²) in [7, 11) is 3.19. The highest BCUT2D eigenvalue weighted by atomic mass is 16.7. The average molecular weight is 495 g/mol. The average Bonchev–Trinajstić information content (AvgIpc) is 2.93. The Labute approximate surface area is 212 Å². The zero-order valence-corrected chi connectivity index (χ0v) is 20.7. The van der Waals surface area contributed by atoms with Gasteiger partial charge in [-0.15, -0.1) is 0 Å². The van der Waals surface area contributed by atoms with Crippen LogP contribution < -0.4 is 4.74 Å². The second kappa shape index (κ2) is 13.5. The Morgan fingerprint density at radius 3 is 1.81 bits per heavy atom. The highest BCUT2D eigenvalue weighted by Gasteiger charge is 2.47. The lowest BCUT2D eigenvalue weighted by Crippen LogP contribution is -2.60. The van der Waals surface area contributed by atoms with Crippen LogP contribution in [0.4, 0.5) is 0 Å². The first kappa shape index (κ1) is 26.3. The van der Waals surface area contributed by atoms with Crippen molar-refractivity contribution in [2.75, 3.05) is 20.8 Å². The van der Waals surface area contributed by atoms with Gasteiger partial charge in [0.15, 0.2) is 6.29 Å². The highest BCUT2D eigenvalue weighted by molar-refractivity contribution is 5.26. The summed E-state index contributed by atoms with van der Waals surface area (Å²) in [5, 5.41) is 11.3. The van der Waals surface area contributed by atoms with Crippen LogP contribution >= 0.6 is 0 Å². The zero-order chi connectivity index (χ0) is 25.2. The van der Waals surface area contributed by atoms with Crippen LogP contribution in [0.5, 0.6) is 5.75 Å². The third kappa shape index (κ3) is 7.13. The number of rotatable bonds is 12. The molecule has 0 saturated carbocycles. The van der Waals surface area contributed by atoms with Gasteiger partial charge in [0.1, 0.15) is 30.2 Å². The van der Waals surface area contributed by atoms with E-state index in [-0.39, 0.29) is 6.61 Å². The molecule has 1 saturated heterocycles. The summed E-state index contributed by atoms with van der Waals surface area (Å²) in [5.41, 5.74) is 3.00. The van der Waals surface area contributed by atoms with Crippen LogP contribution in [0.3, 0.4) is 0 Å².